The summed E-state index contributed by atoms with van der Waals surface area (Å²) in [5.41, 5.74) is -0.866. The van der Waals surface area contributed by atoms with Gasteiger partial charge in [-0.05, 0) is 37.1 Å². The number of carbonyl (C=O) groups excluding carboxylic acids is 1. The molecule has 144 valence electrons. The van der Waals surface area contributed by atoms with Gasteiger partial charge in [-0.25, -0.2) is 0 Å². The van der Waals surface area contributed by atoms with Crippen LogP contribution in [0.15, 0.2) is 54.6 Å². The molecule has 0 heterocycles. The Morgan fingerprint density at radius 3 is 2.15 bits per heavy atom. The second kappa shape index (κ2) is 7.62. The molecule has 0 aliphatic heterocycles. The van der Waals surface area contributed by atoms with E-state index in [1.165, 1.54) is 19.2 Å². The number of halogens is 3. The lowest BCUT2D eigenvalue weighted by Gasteiger charge is -2.38. The molecular weight excluding hydrogens is 355 g/mol. The van der Waals surface area contributed by atoms with Crippen LogP contribution in [0.2, 0.25) is 0 Å². The summed E-state index contributed by atoms with van der Waals surface area (Å²) >= 11 is 0. The molecule has 6 heteroatoms. The summed E-state index contributed by atoms with van der Waals surface area (Å²) in [6.45, 7) is 0. The quantitative estimate of drug-likeness (QED) is 0.678. The number of methoxy groups -OCH3 is 1. The fourth-order valence-electron chi connectivity index (χ4n) is 3.92. The van der Waals surface area contributed by atoms with Crippen molar-refractivity contribution in [1.82, 2.24) is 0 Å². The maximum absolute atomic E-state index is 14.1. The summed E-state index contributed by atoms with van der Waals surface area (Å²) < 4.78 is 47.3. The van der Waals surface area contributed by atoms with Gasteiger partial charge in [-0.15, -0.1) is 0 Å². The smallest absolute Gasteiger partial charge is 0.409 e. The molecule has 1 fully saturated rings. The molecule has 0 amide bonds. The molecule has 0 bridgehead atoms. The van der Waals surface area contributed by atoms with Gasteiger partial charge in [-0.3, -0.25) is 4.79 Å². The predicted octanol–water partition coefficient (Wildman–Crippen LogP) is 5.48. The molecule has 3 rings (SSSR count). The van der Waals surface area contributed by atoms with Gasteiger partial charge in [0.1, 0.15) is 11.8 Å². The van der Waals surface area contributed by atoms with E-state index in [-0.39, 0.29) is 12.8 Å². The van der Waals surface area contributed by atoms with E-state index in [2.05, 4.69) is 5.32 Å². The first-order valence-corrected chi connectivity index (χ1v) is 8.94. The lowest BCUT2D eigenvalue weighted by Crippen LogP contribution is -2.53. The number of rotatable bonds is 6. The Bertz CT molecular complexity index is 766. The molecule has 27 heavy (non-hydrogen) atoms. The average molecular weight is 377 g/mol. The monoisotopic (exact) mass is 377 g/mol. The van der Waals surface area contributed by atoms with Crippen molar-refractivity contribution in [2.24, 2.45) is 5.41 Å². The van der Waals surface area contributed by atoms with Gasteiger partial charge in [-0.1, -0.05) is 43.2 Å². The van der Waals surface area contributed by atoms with Gasteiger partial charge in [0.25, 0.3) is 0 Å². The number of anilines is 1. The van der Waals surface area contributed by atoms with Crippen LogP contribution in [0.3, 0.4) is 0 Å². The number of alkyl halides is 3. The van der Waals surface area contributed by atoms with Gasteiger partial charge in [-0.2, -0.15) is 13.2 Å². The number of ketones is 1. The van der Waals surface area contributed by atoms with E-state index in [9.17, 15) is 18.0 Å². The highest BCUT2D eigenvalue weighted by Crippen LogP contribution is 2.49. The first kappa shape index (κ1) is 19.3. The Balaban J connectivity index is 1.98. The number of nitrogens with one attached hydrogen (secondary N) is 1. The number of carbonyl (C=O) groups is 1. The van der Waals surface area contributed by atoms with Crippen molar-refractivity contribution in [3.8, 4) is 5.75 Å². The third-order valence-electron chi connectivity index (χ3n) is 5.26. The maximum atomic E-state index is 14.1. The normalized spacial score (nSPS) is 17.3. The summed E-state index contributed by atoms with van der Waals surface area (Å²) in [5, 5.41) is 2.60. The fraction of sp³-hybridized carbons (Fsp3) is 0.381. The van der Waals surface area contributed by atoms with Crippen LogP contribution in [0.5, 0.6) is 5.75 Å². The van der Waals surface area contributed by atoms with Gasteiger partial charge in [0, 0.05) is 11.3 Å². The van der Waals surface area contributed by atoms with Crippen molar-refractivity contribution in [2.75, 3.05) is 12.4 Å². The molecule has 0 spiro atoms. The lowest BCUT2D eigenvalue weighted by atomic mass is 9.72. The predicted molar refractivity (Wildman–Crippen MR) is 98.1 cm³/mol. The SMILES string of the molecule is COc1ccc(NC(C(F)(F)F)C2(C(=O)c3ccccc3)CCCC2)cc1. The van der Waals surface area contributed by atoms with Crippen molar-refractivity contribution in [3.63, 3.8) is 0 Å². The average Bonchev–Trinajstić information content (AvgIpc) is 3.16. The fourth-order valence-corrected chi connectivity index (χ4v) is 3.92. The van der Waals surface area contributed by atoms with E-state index in [0.717, 1.165) is 0 Å². The molecule has 0 aromatic heterocycles. The highest BCUT2D eigenvalue weighted by Gasteiger charge is 2.58. The zero-order valence-corrected chi connectivity index (χ0v) is 15.1. The summed E-state index contributed by atoms with van der Waals surface area (Å²) in [6.07, 6.45) is -2.91. The van der Waals surface area contributed by atoms with E-state index >= 15 is 0 Å². The Hall–Kier alpha value is -2.50. The molecule has 0 radical (unpaired) electrons. The lowest BCUT2D eigenvalue weighted by molar-refractivity contribution is -0.161. The van der Waals surface area contributed by atoms with Crippen LogP contribution in [0.4, 0.5) is 18.9 Å². The molecule has 1 N–H and O–H groups in total. The minimum Gasteiger partial charge on any atom is -0.497 e. The van der Waals surface area contributed by atoms with Crippen LogP contribution >= 0.6 is 0 Å². The number of benzene rings is 2. The second-order valence-corrected chi connectivity index (χ2v) is 6.91. The number of ether oxygens (including phenoxy) is 1. The maximum Gasteiger partial charge on any atom is 0.409 e. The van der Waals surface area contributed by atoms with Gasteiger partial charge < -0.3 is 10.1 Å². The van der Waals surface area contributed by atoms with Crippen LogP contribution in [-0.2, 0) is 0 Å². The molecule has 1 saturated carbocycles. The summed E-state index contributed by atoms with van der Waals surface area (Å²) in [7, 11) is 1.49. The van der Waals surface area contributed by atoms with Crippen LogP contribution in [0.25, 0.3) is 0 Å². The molecule has 1 aliphatic rings. The molecule has 2 aromatic rings. The second-order valence-electron chi connectivity index (χ2n) is 6.91. The van der Waals surface area contributed by atoms with Crippen LogP contribution in [0, 0.1) is 5.41 Å². The number of Topliss-reactive ketones (excluding diaryl/α,β-unsaturated/α-hetero) is 1. The van der Waals surface area contributed by atoms with Gasteiger partial charge in [0.15, 0.2) is 5.78 Å². The van der Waals surface area contributed by atoms with E-state index in [1.807, 2.05) is 0 Å². The highest BCUT2D eigenvalue weighted by molar-refractivity contribution is 6.01. The zero-order chi connectivity index (χ0) is 19.5. The van der Waals surface area contributed by atoms with E-state index in [1.54, 1.807) is 42.5 Å². The van der Waals surface area contributed by atoms with E-state index in [4.69, 9.17) is 4.74 Å². The minimum absolute atomic E-state index is 0.216. The van der Waals surface area contributed by atoms with Crippen molar-refractivity contribution in [3.05, 3.63) is 60.2 Å². The molecule has 2 aromatic carbocycles. The Labute approximate surface area is 156 Å². The third kappa shape index (κ3) is 3.94. The molecule has 1 aliphatic carbocycles. The largest absolute Gasteiger partial charge is 0.497 e. The van der Waals surface area contributed by atoms with Gasteiger partial charge in [0.2, 0.25) is 0 Å². The molecule has 1 unspecified atom stereocenters. The van der Waals surface area contributed by atoms with E-state index < -0.39 is 23.4 Å². The molecule has 0 saturated heterocycles. The Morgan fingerprint density at radius 2 is 1.63 bits per heavy atom. The van der Waals surface area contributed by atoms with Gasteiger partial charge in [0.05, 0.1) is 12.5 Å². The number of hydrogen-bond donors (Lipinski definition) is 1. The Morgan fingerprint density at radius 1 is 1.04 bits per heavy atom. The topological polar surface area (TPSA) is 38.3 Å². The van der Waals surface area contributed by atoms with E-state index in [0.29, 0.717) is 29.8 Å². The first-order chi connectivity index (χ1) is 12.9. The summed E-state index contributed by atoms with van der Waals surface area (Å²) in [5.74, 6) is 0.115. The summed E-state index contributed by atoms with van der Waals surface area (Å²) in [4.78, 5) is 13.2. The van der Waals surface area contributed by atoms with Crippen LogP contribution in [0.1, 0.15) is 36.0 Å². The van der Waals surface area contributed by atoms with Crippen molar-refractivity contribution in [1.29, 1.82) is 0 Å². The molecular formula is C21H22F3NO2. The van der Waals surface area contributed by atoms with Crippen molar-refractivity contribution < 1.29 is 22.7 Å². The molecule has 1 atom stereocenters. The summed E-state index contributed by atoms with van der Waals surface area (Å²) in [6, 6.07) is 12.6. The van der Waals surface area contributed by atoms with Crippen LogP contribution in [-0.4, -0.2) is 25.1 Å². The first-order valence-electron chi connectivity index (χ1n) is 8.94. The zero-order valence-electron chi connectivity index (χ0n) is 15.1. The van der Waals surface area contributed by atoms with Crippen LogP contribution < -0.4 is 10.1 Å². The number of hydrogen-bond acceptors (Lipinski definition) is 3. The highest BCUT2D eigenvalue weighted by atomic mass is 19.4. The van der Waals surface area contributed by atoms with Crippen molar-refractivity contribution in [2.45, 2.75) is 37.9 Å². The minimum atomic E-state index is -4.56. The molecule has 3 nitrogen and oxygen atoms in total. The Kier molecular flexibility index (Phi) is 5.44. The van der Waals surface area contributed by atoms with Gasteiger partial charge >= 0.3 is 6.18 Å². The van der Waals surface area contributed by atoms with Crippen molar-refractivity contribution >= 4 is 11.5 Å². The third-order valence-corrected chi connectivity index (χ3v) is 5.26. The standard InChI is InChI=1S/C21H22F3NO2/c1-27-17-11-9-16(10-12-17)25-19(21(22,23)24)20(13-5-6-14-20)18(26)15-7-3-2-4-8-15/h2-4,7-12,19,25H,5-6,13-14H2,1H3.